The van der Waals surface area contributed by atoms with Crippen molar-refractivity contribution in [2.24, 2.45) is 0 Å². The molecule has 0 aliphatic rings. The maximum atomic E-state index is 11.6. The second-order valence-corrected chi connectivity index (χ2v) is 6.40. The van der Waals surface area contributed by atoms with E-state index in [1.807, 2.05) is 6.92 Å². The van der Waals surface area contributed by atoms with E-state index in [-0.39, 0.29) is 17.2 Å². The molecule has 0 spiro atoms. The van der Waals surface area contributed by atoms with E-state index in [0.29, 0.717) is 42.3 Å². The number of ketones is 1. The molecule has 2 rings (SSSR count). The summed E-state index contributed by atoms with van der Waals surface area (Å²) in [7, 11) is 0. The normalized spacial score (nSPS) is 10.5. The largest absolute Gasteiger partial charge is 0.507 e. The number of carbonyl (C=O) groups excluding carboxylic acids is 1. The van der Waals surface area contributed by atoms with Gasteiger partial charge in [-0.15, -0.1) is 0 Å². The zero-order chi connectivity index (χ0) is 20.5. The van der Waals surface area contributed by atoms with Crippen LogP contribution in [0.5, 0.6) is 17.2 Å². The van der Waals surface area contributed by atoms with Crippen molar-refractivity contribution in [1.82, 2.24) is 0 Å². The standard InChI is InChI=1S/C21H25NO6/c1-3-6-19-20(12-11-18(15(2)23)21(19)24)28-14-5-4-13-27-17-9-7-16(8-10-17)22(25)26/h7-12,24H,3-6,13-14H2,1-2H3. The zero-order valence-electron chi connectivity index (χ0n) is 16.1. The summed E-state index contributed by atoms with van der Waals surface area (Å²) in [5, 5.41) is 20.9. The van der Waals surface area contributed by atoms with E-state index in [0.717, 1.165) is 19.3 Å². The van der Waals surface area contributed by atoms with Crippen molar-refractivity contribution in [3.8, 4) is 17.2 Å². The van der Waals surface area contributed by atoms with Crippen molar-refractivity contribution in [2.75, 3.05) is 13.2 Å². The number of carbonyl (C=O) groups is 1. The number of nitrogens with zero attached hydrogens (tertiary/aromatic N) is 1. The molecule has 1 N–H and O–H groups in total. The van der Waals surface area contributed by atoms with Crippen molar-refractivity contribution < 1.29 is 24.3 Å². The molecule has 0 unspecified atom stereocenters. The second-order valence-electron chi connectivity index (χ2n) is 6.40. The fourth-order valence-electron chi connectivity index (χ4n) is 2.77. The van der Waals surface area contributed by atoms with Gasteiger partial charge in [-0.2, -0.15) is 0 Å². The van der Waals surface area contributed by atoms with Crippen LogP contribution in [0.25, 0.3) is 0 Å². The van der Waals surface area contributed by atoms with Gasteiger partial charge in [-0.3, -0.25) is 14.9 Å². The molecule has 0 saturated carbocycles. The summed E-state index contributed by atoms with van der Waals surface area (Å²) in [6.07, 6.45) is 2.95. The van der Waals surface area contributed by atoms with Crippen LogP contribution in [0.3, 0.4) is 0 Å². The predicted octanol–water partition coefficient (Wildman–Crippen LogP) is 4.69. The number of Topliss-reactive ketones (excluding diaryl/α,β-unsaturated/α-hetero) is 1. The molecule has 0 fully saturated rings. The highest BCUT2D eigenvalue weighted by Crippen LogP contribution is 2.33. The van der Waals surface area contributed by atoms with Gasteiger partial charge in [0.15, 0.2) is 5.78 Å². The van der Waals surface area contributed by atoms with E-state index in [1.165, 1.54) is 19.1 Å². The van der Waals surface area contributed by atoms with E-state index in [4.69, 9.17) is 9.47 Å². The number of nitro groups is 1. The number of benzene rings is 2. The average Bonchev–Trinajstić information content (AvgIpc) is 2.67. The monoisotopic (exact) mass is 387 g/mol. The van der Waals surface area contributed by atoms with Gasteiger partial charge in [0.05, 0.1) is 23.7 Å². The van der Waals surface area contributed by atoms with Gasteiger partial charge in [0.2, 0.25) is 0 Å². The first-order chi connectivity index (χ1) is 13.4. The number of nitro benzene ring substituents is 1. The molecular weight excluding hydrogens is 362 g/mol. The Balaban J connectivity index is 1.81. The number of phenols is 1. The summed E-state index contributed by atoms with van der Waals surface area (Å²) in [5.41, 5.74) is 1.01. The average molecular weight is 387 g/mol. The van der Waals surface area contributed by atoms with E-state index >= 15 is 0 Å². The molecule has 2 aromatic carbocycles. The lowest BCUT2D eigenvalue weighted by molar-refractivity contribution is -0.384. The molecule has 0 radical (unpaired) electrons. The Bertz CT molecular complexity index is 816. The highest BCUT2D eigenvalue weighted by atomic mass is 16.6. The molecule has 0 heterocycles. The molecule has 150 valence electrons. The van der Waals surface area contributed by atoms with E-state index in [2.05, 4.69) is 0 Å². The number of rotatable bonds is 11. The van der Waals surface area contributed by atoms with Crippen molar-refractivity contribution >= 4 is 11.5 Å². The number of ether oxygens (including phenoxy) is 2. The maximum Gasteiger partial charge on any atom is 0.269 e. The smallest absolute Gasteiger partial charge is 0.269 e. The van der Waals surface area contributed by atoms with Crippen molar-refractivity contribution in [3.63, 3.8) is 0 Å². The minimum absolute atomic E-state index is 0.00774. The van der Waals surface area contributed by atoms with Gasteiger partial charge in [-0.1, -0.05) is 13.3 Å². The Labute approximate surface area is 164 Å². The Morgan fingerprint density at radius 1 is 1.07 bits per heavy atom. The van der Waals surface area contributed by atoms with Gasteiger partial charge in [-0.25, -0.2) is 0 Å². The quantitative estimate of drug-likeness (QED) is 0.260. The minimum atomic E-state index is -0.450. The summed E-state index contributed by atoms with van der Waals surface area (Å²) >= 11 is 0. The first-order valence-electron chi connectivity index (χ1n) is 9.29. The molecule has 7 nitrogen and oxygen atoms in total. The van der Waals surface area contributed by atoms with Gasteiger partial charge in [-0.05, 0) is 50.5 Å². The molecule has 0 bridgehead atoms. The summed E-state index contributed by atoms with van der Waals surface area (Å²) < 4.78 is 11.4. The molecule has 0 aromatic heterocycles. The van der Waals surface area contributed by atoms with Crippen LogP contribution in [-0.2, 0) is 6.42 Å². The van der Waals surface area contributed by atoms with E-state index in [1.54, 1.807) is 24.3 Å². The van der Waals surface area contributed by atoms with Gasteiger partial charge in [0.1, 0.15) is 17.2 Å². The molecule has 0 saturated heterocycles. The van der Waals surface area contributed by atoms with Crippen LogP contribution in [0, 0.1) is 10.1 Å². The Kier molecular flexibility index (Phi) is 7.80. The van der Waals surface area contributed by atoms with Crippen LogP contribution < -0.4 is 9.47 Å². The third-order valence-electron chi connectivity index (χ3n) is 4.23. The van der Waals surface area contributed by atoms with Crippen LogP contribution >= 0.6 is 0 Å². The summed E-state index contributed by atoms with van der Waals surface area (Å²) in [6.45, 7) is 4.35. The minimum Gasteiger partial charge on any atom is -0.507 e. The molecule has 0 aliphatic heterocycles. The van der Waals surface area contributed by atoms with E-state index < -0.39 is 4.92 Å². The molecule has 0 amide bonds. The first-order valence-corrected chi connectivity index (χ1v) is 9.29. The van der Waals surface area contributed by atoms with Gasteiger partial charge < -0.3 is 14.6 Å². The van der Waals surface area contributed by atoms with E-state index in [9.17, 15) is 20.0 Å². The van der Waals surface area contributed by atoms with Crippen LogP contribution in [0.2, 0.25) is 0 Å². The highest BCUT2D eigenvalue weighted by molar-refractivity contribution is 5.97. The van der Waals surface area contributed by atoms with Crippen LogP contribution in [-0.4, -0.2) is 29.0 Å². The Hall–Kier alpha value is -3.09. The van der Waals surface area contributed by atoms with Crippen molar-refractivity contribution in [2.45, 2.75) is 39.5 Å². The molecule has 28 heavy (non-hydrogen) atoms. The number of phenolic OH excluding ortho intramolecular Hbond substituents is 1. The summed E-state index contributed by atoms with van der Waals surface area (Å²) in [5.74, 6) is 1.01. The molecule has 2 aromatic rings. The first kappa shape index (κ1) is 21.2. The molecule has 0 aliphatic carbocycles. The molecule has 7 heteroatoms. The fraction of sp³-hybridized carbons (Fsp3) is 0.381. The molecular formula is C21H25NO6. The number of non-ortho nitro benzene ring substituents is 1. The topological polar surface area (TPSA) is 98.9 Å². The predicted molar refractivity (Wildman–Crippen MR) is 105 cm³/mol. The van der Waals surface area contributed by atoms with Crippen LogP contribution in [0.15, 0.2) is 36.4 Å². The van der Waals surface area contributed by atoms with Gasteiger partial charge in [0, 0.05) is 17.7 Å². The number of unbranched alkanes of at least 4 members (excludes halogenated alkanes) is 1. The third-order valence-corrected chi connectivity index (χ3v) is 4.23. The Morgan fingerprint density at radius 2 is 1.71 bits per heavy atom. The second kappa shape index (κ2) is 10.3. The lowest BCUT2D eigenvalue weighted by Crippen LogP contribution is -2.05. The number of hydrogen-bond donors (Lipinski definition) is 1. The summed E-state index contributed by atoms with van der Waals surface area (Å²) in [6, 6.07) is 9.28. The Morgan fingerprint density at radius 3 is 2.29 bits per heavy atom. The zero-order valence-corrected chi connectivity index (χ0v) is 16.1. The van der Waals surface area contributed by atoms with Gasteiger partial charge >= 0.3 is 0 Å². The molecule has 0 atom stereocenters. The van der Waals surface area contributed by atoms with Crippen molar-refractivity contribution in [1.29, 1.82) is 0 Å². The SMILES string of the molecule is CCCc1c(OCCCCOc2ccc([N+](=O)[O-])cc2)ccc(C(C)=O)c1O. The lowest BCUT2D eigenvalue weighted by Gasteiger charge is -2.14. The number of hydrogen-bond acceptors (Lipinski definition) is 6. The van der Waals surface area contributed by atoms with Crippen LogP contribution in [0.4, 0.5) is 5.69 Å². The number of aromatic hydroxyl groups is 1. The maximum absolute atomic E-state index is 11.6. The van der Waals surface area contributed by atoms with Crippen LogP contribution in [0.1, 0.15) is 49.0 Å². The van der Waals surface area contributed by atoms with Crippen molar-refractivity contribution in [3.05, 3.63) is 57.6 Å². The third kappa shape index (κ3) is 5.70. The lowest BCUT2D eigenvalue weighted by atomic mass is 10.0. The fourth-order valence-corrected chi connectivity index (χ4v) is 2.77. The highest BCUT2D eigenvalue weighted by Gasteiger charge is 2.15. The summed E-state index contributed by atoms with van der Waals surface area (Å²) in [4.78, 5) is 21.8. The van der Waals surface area contributed by atoms with Gasteiger partial charge in [0.25, 0.3) is 5.69 Å².